The zero-order chi connectivity index (χ0) is 17.7. The van der Waals surface area contributed by atoms with Gasteiger partial charge in [0.1, 0.15) is 5.88 Å². The summed E-state index contributed by atoms with van der Waals surface area (Å²) in [6, 6.07) is 0. The van der Waals surface area contributed by atoms with Crippen molar-refractivity contribution in [2.45, 2.75) is 12.8 Å². The van der Waals surface area contributed by atoms with Crippen LogP contribution in [0.3, 0.4) is 0 Å². The number of rotatable bonds is 7. The normalized spacial score (nSPS) is 12.6. The van der Waals surface area contributed by atoms with Crippen LogP contribution in [0.5, 0.6) is 0 Å². The van der Waals surface area contributed by atoms with Crippen molar-refractivity contribution >= 4 is 35.2 Å². The van der Waals surface area contributed by atoms with Crippen molar-refractivity contribution < 1.29 is 19.2 Å². The summed E-state index contributed by atoms with van der Waals surface area (Å²) in [7, 11) is 0. The number of amides is 4. The summed E-state index contributed by atoms with van der Waals surface area (Å²) in [6.45, 7) is 7.67. The maximum absolute atomic E-state index is 11.0. The van der Waals surface area contributed by atoms with Crippen molar-refractivity contribution in [3.63, 3.8) is 0 Å². The monoisotopic (exact) mass is 344 g/mol. The van der Waals surface area contributed by atoms with Gasteiger partial charge in [-0.25, -0.2) is 0 Å². The van der Waals surface area contributed by atoms with Gasteiger partial charge in [0.15, 0.2) is 0 Å². The summed E-state index contributed by atoms with van der Waals surface area (Å²) >= 11 is 5.16. The summed E-state index contributed by atoms with van der Waals surface area (Å²) in [6.07, 6.45) is 3.81. The number of likely N-dealkylation sites (tertiary alicyclic amines) is 1. The Bertz CT molecular complexity index is 468. The summed E-state index contributed by atoms with van der Waals surface area (Å²) in [5.74, 6) is -0.894. The van der Waals surface area contributed by atoms with E-state index in [2.05, 4.69) is 29.1 Å². The molecule has 0 atom stereocenters. The number of carbonyl (C=O) groups is 4. The molecule has 9 heteroatoms. The van der Waals surface area contributed by atoms with Gasteiger partial charge < -0.3 is 20.9 Å². The standard InChI is InChI=1S/C8H12N2O2.C6H9ClN2O2/c1-2-7(11)9-6-10-5-3-4-8(10)12;1-2-5(10)8-4-9-6(11)3-7/h2H,1,3-6H2,(H,9,11);2H,1,3-4H2,(H,8,10)(H,9,11). The Morgan fingerprint density at radius 2 is 1.74 bits per heavy atom. The Morgan fingerprint density at radius 3 is 2.22 bits per heavy atom. The highest BCUT2D eigenvalue weighted by molar-refractivity contribution is 6.27. The molecule has 0 bridgehead atoms. The SMILES string of the molecule is C=CC(=O)NCN1CCCC1=O.C=CC(=O)NCNC(=O)CCl. The first-order chi connectivity index (χ1) is 10.9. The van der Waals surface area contributed by atoms with Crippen LogP contribution >= 0.6 is 11.6 Å². The van der Waals surface area contributed by atoms with Crippen molar-refractivity contribution in [3.8, 4) is 0 Å². The molecule has 1 saturated heterocycles. The minimum absolute atomic E-state index is 0.0798. The van der Waals surface area contributed by atoms with Crippen molar-refractivity contribution in [2.75, 3.05) is 25.8 Å². The molecule has 0 aliphatic carbocycles. The Labute approximate surface area is 139 Å². The van der Waals surface area contributed by atoms with Gasteiger partial charge in [0.2, 0.25) is 23.6 Å². The van der Waals surface area contributed by atoms with Crippen LogP contribution in [0.25, 0.3) is 0 Å². The van der Waals surface area contributed by atoms with Crippen LogP contribution < -0.4 is 16.0 Å². The first kappa shape index (κ1) is 20.6. The van der Waals surface area contributed by atoms with E-state index >= 15 is 0 Å². The van der Waals surface area contributed by atoms with Gasteiger partial charge in [0.25, 0.3) is 0 Å². The average molecular weight is 345 g/mol. The number of hydrogen-bond donors (Lipinski definition) is 3. The molecule has 1 aliphatic rings. The Kier molecular flexibility index (Phi) is 11.0. The molecule has 128 valence electrons. The smallest absolute Gasteiger partial charge is 0.244 e. The maximum Gasteiger partial charge on any atom is 0.244 e. The Balaban J connectivity index is 0.000000423. The lowest BCUT2D eigenvalue weighted by atomic mass is 10.4. The number of hydrogen-bond acceptors (Lipinski definition) is 4. The van der Waals surface area contributed by atoms with Gasteiger partial charge in [-0.3, -0.25) is 19.2 Å². The van der Waals surface area contributed by atoms with Gasteiger partial charge in [0.05, 0.1) is 13.3 Å². The van der Waals surface area contributed by atoms with Crippen molar-refractivity contribution in [3.05, 3.63) is 25.3 Å². The molecule has 1 fully saturated rings. The van der Waals surface area contributed by atoms with E-state index in [1.807, 2.05) is 0 Å². The van der Waals surface area contributed by atoms with Gasteiger partial charge in [0, 0.05) is 13.0 Å². The minimum atomic E-state index is -0.333. The van der Waals surface area contributed by atoms with E-state index in [0.29, 0.717) is 13.1 Å². The van der Waals surface area contributed by atoms with Gasteiger partial charge in [-0.2, -0.15) is 0 Å². The largest absolute Gasteiger partial charge is 0.338 e. The average Bonchev–Trinajstić information content (AvgIpc) is 2.97. The van der Waals surface area contributed by atoms with E-state index in [1.54, 1.807) is 4.90 Å². The van der Waals surface area contributed by atoms with Crippen molar-refractivity contribution in [1.82, 2.24) is 20.9 Å². The van der Waals surface area contributed by atoms with E-state index in [4.69, 9.17) is 11.6 Å². The fraction of sp³-hybridized carbons (Fsp3) is 0.429. The fourth-order valence-electron chi connectivity index (χ4n) is 1.47. The van der Waals surface area contributed by atoms with Gasteiger partial charge in [-0.05, 0) is 18.6 Å². The molecule has 1 rings (SSSR count). The van der Waals surface area contributed by atoms with Gasteiger partial charge in [-0.1, -0.05) is 13.2 Å². The number of nitrogens with zero attached hydrogens (tertiary/aromatic N) is 1. The molecule has 0 unspecified atom stereocenters. The second kappa shape index (κ2) is 12.2. The van der Waals surface area contributed by atoms with Crippen molar-refractivity contribution in [2.24, 2.45) is 0 Å². The lowest BCUT2D eigenvalue weighted by Crippen LogP contribution is -2.37. The number of nitrogens with one attached hydrogen (secondary N) is 3. The second-order valence-corrected chi connectivity index (χ2v) is 4.59. The second-order valence-electron chi connectivity index (χ2n) is 4.32. The maximum atomic E-state index is 11.0. The summed E-state index contributed by atoms with van der Waals surface area (Å²) in [5.41, 5.74) is 0. The van der Waals surface area contributed by atoms with Crippen LogP contribution in [-0.4, -0.2) is 54.3 Å². The molecule has 0 aromatic heterocycles. The molecule has 0 aromatic carbocycles. The highest BCUT2D eigenvalue weighted by Crippen LogP contribution is 2.07. The highest BCUT2D eigenvalue weighted by atomic mass is 35.5. The molecule has 8 nitrogen and oxygen atoms in total. The predicted octanol–water partition coefficient (Wildman–Crippen LogP) is -0.530. The molecule has 3 N–H and O–H groups in total. The number of halogens is 1. The summed E-state index contributed by atoms with van der Waals surface area (Å²) in [5, 5.41) is 7.25. The van der Waals surface area contributed by atoms with E-state index in [9.17, 15) is 19.2 Å². The van der Waals surface area contributed by atoms with Crippen LogP contribution in [0.4, 0.5) is 0 Å². The molecular formula is C14H21ClN4O4. The number of alkyl halides is 1. The molecule has 23 heavy (non-hydrogen) atoms. The predicted molar refractivity (Wildman–Crippen MR) is 86.2 cm³/mol. The van der Waals surface area contributed by atoms with Crippen LogP contribution in [-0.2, 0) is 19.2 Å². The molecule has 0 saturated carbocycles. The summed E-state index contributed by atoms with van der Waals surface area (Å²) < 4.78 is 0. The molecule has 1 aliphatic heterocycles. The van der Waals surface area contributed by atoms with E-state index in [-0.39, 0.29) is 36.2 Å². The third kappa shape index (κ3) is 10.1. The van der Waals surface area contributed by atoms with E-state index in [0.717, 1.165) is 19.0 Å². The lowest BCUT2D eigenvalue weighted by molar-refractivity contribution is -0.128. The fourth-order valence-corrected chi connectivity index (χ4v) is 1.56. The van der Waals surface area contributed by atoms with Crippen LogP contribution in [0.1, 0.15) is 12.8 Å². The third-order valence-corrected chi connectivity index (χ3v) is 2.90. The number of carbonyl (C=O) groups excluding carboxylic acids is 4. The first-order valence-corrected chi connectivity index (χ1v) is 7.39. The molecular weight excluding hydrogens is 324 g/mol. The first-order valence-electron chi connectivity index (χ1n) is 6.85. The van der Waals surface area contributed by atoms with Crippen LogP contribution in [0, 0.1) is 0 Å². The van der Waals surface area contributed by atoms with Crippen molar-refractivity contribution in [1.29, 1.82) is 0 Å². The highest BCUT2D eigenvalue weighted by Gasteiger charge is 2.19. The van der Waals surface area contributed by atoms with Crippen LogP contribution in [0.2, 0.25) is 0 Å². The molecule has 0 aromatic rings. The van der Waals surface area contributed by atoms with E-state index < -0.39 is 0 Å². The Hall–Kier alpha value is -2.35. The Morgan fingerprint density at radius 1 is 1.13 bits per heavy atom. The summed E-state index contributed by atoms with van der Waals surface area (Å²) in [4.78, 5) is 44.3. The molecule has 0 radical (unpaired) electrons. The van der Waals surface area contributed by atoms with Gasteiger partial charge >= 0.3 is 0 Å². The van der Waals surface area contributed by atoms with E-state index in [1.165, 1.54) is 6.08 Å². The molecule has 1 heterocycles. The zero-order valence-corrected chi connectivity index (χ0v) is 13.5. The van der Waals surface area contributed by atoms with Crippen LogP contribution in [0.15, 0.2) is 25.3 Å². The third-order valence-electron chi connectivity index (χ3n) is 2.66. The molecule has 4 amide bonds. The zero-order valence-electron chi connectivity index (χ0n) is 12.8. The molecule has 0 spiro atoms. The quantitative estimate of drug-likeness (QED) is 0.328. The van der Waals surface area contributed by atoms with Gasteiger partial charge in [-0.15, -0.1) is 11.6 Å². The lowest BCUT2D eigenvalue weighted by Gasteiger charge is -2.14. The minimum Gasteiger partial charge on any atom is -0.338 e. The topological polar surface area (TPSA) is 108 Å².